The summed E-state index contributed by atoms with van der Waals surface area (Å²) in [4.78, 5) is 2.42. The van der Waals surface area contributed by atoms with E-state index in [0.29, 0.717) is 18.3 Å². The highest BCUT2D eigenvalue weighted by molar-refractivity contribution is 4.89. The van der Waals surface area contributed by atoms with E-state index in [4.69, 9.17) is 10.5 Å². The van der Waals surface area contributed by atoms with Crippen molar-refractivity contribution >= 4 is 0 Å². The lowest BCUT2D eigenvalue weighted by molar-refractivity contribution is 0.228. The highest BCUT2D eigenvalue weighted by Gasteiger charge is 2.26. The minimum absolute atomic E-state index is 0.0237. The van der Waals surface area contributed by atoms with Crippen molar-refractivity contribution in [2.24, 2.45) is 11.3 Å². The van der Waals surface area contributed by atoms with Crippen LogP contribution in [0.15, 0.2) is 0 Å². The van der Waals surface area contributed by atoms with E-state index in [1.807, 2.05) is 0 Å². The van der Waals surface area contributed by atoms with Crippen molar-refractivity contribution in [3.63, 3.8) is 0 Å². The molecule has 3 heteroatoms. The molecule has 3 nitrogen and oxygen atoms in total. The fourth-order valence-electron chi connectivity index (χ4n) is 2.68. The molecule has 0 radical (unpaired) electrons. The molecular formula is C15H25N3. The minimum Gasteiger partial charge on any atom is -0.302 e. The van der Waals surface area contributed by atoms with Gasteiger partial charge < -0.3 is 4.90 Å². The molecule has 1 heterocycles. The summed E-state index contributed by atoms with van der Waals surface area (Å²) in [7, 11) is 0. The lowest BCUT2D eigenvalue weighted by Gasteiger charge is -2.27. The van der Waals surface area contributed by atoms with Crippen LogP contribution in [0.3, 0.4) is 0 Å². The number of nitrogens with zero attached hydrogens (tertiary/aromatic N) is 3. The molecule has 1 saturated heterocycles. The van der Waals surface area contributed by atoms with E-state index in [0.717, 1.165) is 19.6 Å². The van der Waals surface area contributed by atoms with E-state index in [1.165, 1.54) is 25.7 Å². The summed E-state index contributed by atoms with van der Waals surface area (Å²) >= 11 is 0. The maximum absolute atomic E-state index is 9.12. The van der Waals surface area contributed by atoms with Crippen molar-refractivity contribution in [3.8, 4) is 12.1 Å². The number of rotatable bonds is 5. The van der Waals surface area contributed by atoms with Gasteiger partial charge in [-0.3, -0.25) is 0 Å². The SMILES string of the molecule is CC[C@@]1(C)CCCN(C[C@@H](C#N)CCC#N)CC1. The quantitative estimate of drug-likeness (QED) is 0.748. The minimum atomic E-state index is 0.0237. The molecule has 0 saturated carbocycles. The Labute approximate surface area is 111 Å². The van der Waals surface area contributed by atoms with Crippen LogP contribution in [-0.4, -0.2) is 24.5 Å². The van der Waals surface area contributed by atoms with E-state index in [2.05, 4.69) is 30.9 Å². The standard InChI is InChI=1S/C15H25N3/c1-3-15(2)7-5-10-18(11-8-15)13-14(12-17)6-4-9-16/h14H,3-8,10-11,13H2,1-2H3/t14-,15+/m1/s1. The zero-order valence-electron chi connectivity index (χ0n) is 11.8. The van der Waals surface area contributed by atoms with Gasteiger partial charge in [0.05, 0.1) is 18.1 Å². The van der Waals surface area contributed by atoms with E-state index >= 15 is 0 Å². The Kier molecular flexibility index (Phi) is 6.16. The first kappa shape index (κ1) is 15.0. The van der Waals surface area contributed by atoms with Crippen LogP contribution in [0.1, 0.15) is 52.4 Å². The molecule has 1 aliphatic rings. The average molecular weight is 247 g/mol. The first-order valence-corrected chi connectivity index (χ1v) is 7.12. The summed E-state index contributed by atoms with van der Waals surface area (Å²) in [5.74, 6) is 0.0237. The van der Waals surface area contributed by atoms with Gasteiger partial charge in [0.2, 0.25) is 0 Å². The lowest BCUT2D eigenvalue weighted by Crippen LogP contribution is -2.30. The molecule has 0 aromatic rings. The van der Waals surface area contributed by atoms with Crippen LogP contribution < -0.4 is 0 Å². The molecule has 0 aromatic heterocycles. The Morgan fingerprint density at radius 2 is 2.06 bits per heavy atom. The monoisotopic (exact) mass is 247 g/mol. The molecule has 2 atom stereocenters. The van der Waals surface area contributed by atoms with Gasteiger partial charge in [-0.15, -0.1) is 0 Å². The summed E-state index contributed by atoms with van der Waals surface area (Å²) in [5, 5.41) is 17.7. The topological polar surface area (TPSA) is 50.8 Å². The second-order valence-electron chi connectivity index (χ2n) is 5.84. The largest absolute Gasteiger partial charge is 0.302 e. The first-order valence-electron chi connectivity index (χ1n) is 7.12. The Balaban J connectivity index is 2.44. The normalized spacial score (nSPS) is 26.9. The van der Waals surface area contributed by atoms with Crippen molar-refractivity contribution in [2.45, 2.75) is 52.4 Å². The Hall–Kier alpha value is -1.06. The molecule has 0 spiro atoms. The molecule has 100 valence electrons. The second-order valence-corrected chi connectivity index (χ2v) is 5.84. The smallest absolute Gasteiger partial charge is 0.0669 e. The third kappa shape index (κ3) is 4.67. The van der Waals surface area contributed by atoms with Gasteiger partial charge in [0, 0.05) is 13.0 Å². The molecule has 0 bridgehead atoms. The van der Waals surface area contributed by atoms with Crippen LogP contribution >= 0.6 is 0 Å². The maximum atomic E-state index is 9.12. The number of likely N-dealkylation sites (tertiary alicyclic amines) is 1. The van der Waals surface area contributed by atoms with Crippen LogP contribution in [0, 0.1) is 34.0 Å². The third-order valence-electron chi connectivity index (χ3n) is 4.41. The van der Waals surface area contributed by atoms with Gasteiger partial charge >= 0.3 is 0 Å². The van der Waals surface area contributed by atoms with Crippen molar-refractivity contribution in [1.29, 1.82) is 10.5 Å². The fraction of sp³-hybridized carbons (Fsp3) is 0.867. The highest BCUT2D eigenvalue weighted by Crippen LogP contribution is 2.34. The summed E-state index contributed by atoms with van der Waals surface area (Å²) in [6.45, 7) is 7.72. The number of hydrogen-bond acceptors (Lipinski definition) is 3. The molecule has 0 amide bonds. The number of nitriles is 2. The zero-order chi connectivity index (χ0) is 13.4. The number of hydrogen-bond donors (Lipinski definition) is 0. The van der Waals surface area contributed by atoms with Crippen molar-refractivity contribution < 1.29 is 0 Å². The van der Waals surface area contributed by atoms with E-state index in [-0.39, 0.29) is 5.92 Å². The van der Waals surface area contributed by atoms with E-state index in [1.54, 1.807) is 0 Å². The highest BCUT2D eigenvalue weighted by atomic mass is 15.1. The molecular weight excluding hydrogens is 222 g/mol. The molecule has 1 fully saturated rings. The predicted molar refractivity (Wildman–Crippen MR) is 72.6 cm³/mol. The molecule has 18 heavy (non-hydrogen) atoms. The summed E-state index contributed by atoms with van der Waals surface area (Å²) < 4.78 is 0. The molecule has 0 N–H and O–H groups in total. The van der Waals surface area contributed by atoms with Gasteiger partial charge in [0.1, 0.15) is 0 Å². The molecule has 1 rings (SSSR count). The van der Waals surface area contributed by atoms with Gasteiger partial charge in [-0.1, -0.05) is 20.3 Å². The van der Waals surface area contributed by atoms with Crippen LogP contribution in [0.25, 0.3) is 0 Å². The van der Waals surface area contributed by atoms with E-state index < -0.39 is 0 Å². The van der Waals surface area contributed by atoms with Gasteiger partial charge in [-0.2, -0.15) is 10.5 Å². The van der Waals surface area contributed by atoms with Crippen LogP contribution in [-0.2, 0) is 0 Å². The molecule has 0 aromatic carbocycles. The molecule has 0 aliphatic carbocycles. The van der Waals surface area contributed by atoms with E-state index in [9.17, 15) is 0 Å². The van der Waals surface area contributed by atoms with Gasteiger partial charge in [-0.25, -0.2) is 0 Å². The molecule has 0 unspecified atom stereocenters. The maximum Gasteiger partial charge on any atom is 0.0669 e. The van der Waals surface area contributed by atoms with Crippen molar-refractivity contribution in [2.75, 3.05) is 19.6 Å². The van der Waals surface area contributed by atoms with Gasteiger partial charge in [0.15, 0.2) is 0 Å². The summed E-state index contributed by atoms with van der Waals surface area (Å²) in [6, 6.07) is 4.48. The Morgan fingerprint density at radius 1 is 1.28 bits per heavy atom. The lowest BCUT2D eigenvalue weighted by atomic mass is 9.80. The first-order chi connectivity index (χ1) is 8.63. The second kappa shape index (κ2) is 7.39. The Morgan fingerprint density at radius 3 is 2.67 bits per heavy atom. The van der Waals surface area contributed by atoms with Gasteiger partial charge in [0.25, 0.3) is 0 Å². The summed E-state index contributed by atoms with van der Waals surface area (Å²) in [5.41, 5.74) is 0.490. The van der Waals surface area contributed by atoms with Crippen LogP contribution in [0.4, 0.5) is 0 Å². The summed E-state index contributed by atoms with van der Waals surface area (Å²) in [6.07, 6.45) is 6.24. The van der Waals surface area contributed by atoms with Crippen LogP contribution in [0.2, 0.25) is 0 Å². The Bertz CT molecular complexity index is 326. The average Bonchev–Trinajstić information content (AvgIpc) is 2.57. The van der Waals surface area contributed by atoms with Gasteiger partial charge in [-0.05, 0) is 44.2 Å². The predicted octanol–water partition coefficient (Wildman–Crippen LogP) is 3.33. The third-order valence-corrected chi connectivity index (χ3v) is 4.41. The van der Waals surface area contributed by atoms with Crippen LogP contribution in [0.5, 0.6) is 0 Å². The zero-order valence-corrected chi connectivity index (χ0v) is 11.8. The molecule has 1 aliphatic heterocycles. The fourth-order valence-corrected chi connectivity index (χ4v) is 2.68. The van der Waals surface area contributed by atoms with Crippen molar-refractivity contribution in [3.05, 3.63) is 0 Å². The van der Waals surface area contributed by atoms with Crippen molar-refractivity contribution in [1.82, 2.24) is 4.90 Å².